The smallest absolute Gasteiger partial charge is 0.256 e. The van der Waals surface area contributed by atoms with Crippen molar-refractivity contribution in [1.29, 1.82) is 5.26 Å². The average Bonchev–Trinajstić information content (AvgIpc) is 2.86. The highest BCUT2D eigenvalue weighted by atomic mass is 127. The maximum atomic E-state index is 12.0. The number of halogens is 1. The van der Waals surface area contributed by atoms with E-state index >= 15 is 0 Å². The molecule has 1 heterocycles. The number of amides is 1. The van der Waals surface area contributed by atoms with Crippen LogP contribution in [0.5, 0.6) is 5.75 Å². The van der Waals surface area contributed by atoms with Crippen molar-refractivity contribution in [1.82, 2.24) is 0 Å². The topological polar surface area (TPSA) is 62.1 Å². The molecular formula is C13H9IN2O2S. The van der Waals surface area contributed by atoms with Crippen molar-refractivity contribution < 1.29 is 9.53 Å². The molecule has 1 aromatic heterocycles. The fourth-order valence-electron chi connectivity index (χ4n) is 1.49. The summed E-state index contributed by atoms with van der Waals surface area (Å²) in [5.41, 5.74) is 1.65. The Balaban J connectivity index is 2.24. The highest BCUT2D eigenvalue weighted by Crippen LogP contribution is 2.26. The Morgan fingerprint density at radius 2 is 2.26 bits per heavy atom. The van der Waals surface area contributed by atoms with Crippen LogP contribution in [0.3, 0.4) is 0 Å². The van der Waals surface area contributed by atoms with Crippen LogP contribution in [0.4, 0.5) is 5.69 Å². The molecule has 2 aromatic rings. The van der Waals surface area contributed by atoms with E-state index in [9.17, 15) is 4.79 Å². The van der Waals surface area contributed by atoms with Crippen LogP contribution in [0.1, 0.15) is 15.9 Å². The van der Waals surface area contributed by atoms with Gasteiger partial charge in [-0.1, -0.05) is 0 Å². The SMILES string of the molecule is COc1cc(C#N)ccc1NC(=O)c1csc(I)c1. The second-order valence-electron chi connectivity index (χ2n) is 3.62. The number of ether oxygens (including phenoxy) is 1. The molecule has 0 aliphatic heterocycles. The zero-order valence-electron chi connectivity index (χ0n) is 9.94. The highest BCUT2D eigenvalue weighted by molar-refractivity contribution is 14.1. The molecule has 0 unspecified atom stereocenters. The molecule has 1 amide bonds. The van der Waals surface area contributed by atoms with Gasteiger partial charge in [0.2, 0.25) is 0 Å². The molecule has 6 heteroatoms. The summed E-state index contributed by atoms with van der Waals surface area (Å²) in [6, 6.07) is 8.73. The molecule has 1 aromatic carbocycles. The van der Waals surface area contributed by atoms with Crippen LogP contribution in [0.2, 0.25) is 0 Å². The molecular weight excluding hydrogens is 375 g/mol. The zero-order valence-corrected chi connectivity index (χ0v) is 12.9. The zero-order chi connectivity index (χ0) is 13.8. The molecule has 0 aliphatic carbocycles. The van der Waals surface area contributed by atoms with E-state index in [1.54, 1.807) is 23.6 Å². The number of rotatable bonds is 3. The maximum absolute atomic E-state index is 12.0. The first-order chi connectivity index (χ1) is 9.13. The lowest BCUT2D eigenvalue weighted by atomic mass is 10.2. The van der Waals surface area contributed by atoms with Crippen LogP contribution < -0.4 is 10.1 Å². The van der Waals surface area contributed by atoms with Crippen molar-refractivity contribution >= 4 is 45.5 Å². The number of carbonyl (C=O) groups is 1. The minimum atomic E-state index is -0.192. The molecule has 0 fully saturated rings. The van der Waals surface area contributed by atoms with Gasteiger partial charge in [-0.05, 0) is 40.8 Å². The second-order valence-corrected chi connectivity index (χ2v) is 6.43. The summed E-state index contributed by atoms with van der Waals surface area (Å²) >= 11 is 3.68. The number of nitrogens with one attached hydrogen (secondary N) is 1. The van der Waals surface area contributed by atoms with E-state index in [1.807, 2.05) is 12.1 Å². The maximum Gasteiger partial charge on any atom is 0.256 e. The van der Waals surface area contributed by atoms with Crippen LogP contribution in [-0.2, 0) is 0 Å². The molecule has 0 saturated heterocycles. The third-order valence-electron chi connectivity index (χ3n) is 2.41. The Hall–Kier alpha value is -1.59. The van der Waals surface area contributed by atoms with Crippen LogP contribution >= 0.6 is 33.9 Å². The monoisotopic (exact) mass is 384 g/mol. The molecule has 0 bridgehead atoms. The quantitative estimate of drug-likeness (QED) is 0.825. The summed E-state index contributed by atoms with van der Waals surface area (Å²) in [5, 5.41) is 13.4. The summed E-state index contributed by atoms with van der Waals surface area (Å²) in [5.74, 6) is 0.277. The first-order valence-electron chi connectivity index (χ1n) is 5.27. The lowest BCUT2D eigenvalue weighted by molar-refractivity contribution is 0.102. The first kappa shape index (κ1) is 13.8. The summed E-state index contributed by atoms with van der Waals surface area (Å²) in [4.78, 5) is 12.0. The van der Waals surface area contributed by atoms with Gasteiger partial charge in [-0.2, -0.15) is 5.26 Å². The van der Waals surface area contributed by atoms with Crippen molar-refractivity contribution in [2.24, 2.45) is 0 Å². The number of nitrogens with zero attached hydrogens (tertiary/aromatic N) is 1. The molecule has 19 heavy (non-hydrogen) atoms. The lowest BCUT2D eigenvalue weighted by Crippen LogP contribution is -2.11. The molecule has 96 valence electrons. The number of hydrogen-bond donors (Lipinski definition) is 1. The fraction of sp³-hybridized carbons (Fsp3) is 0.0769. The Labute approximate surface area is 128 Å². The second kappa shape index (κ2) is 6.04. The van der Waals surface area contributed by atoms with Crippen LogP contribution in [0.15, 0.2) is 29.6 Å². The predicted octanol–water partition coefficient (Wildman–Crippen LogP) is 3.49. The third kappa shape index (κ3) is 3.24. The van der Waals surface area contributed by atoms with E-state index in [4.69, 9.17) is 10.00 Å². The molecule has 2 rings (SSSR count). The number of hydrogen-bond acceptors (Lipinski definition) is 4. The first-order valence-corrected chi connectivity index (χ1v) is 7.23. The van der Waals surface area contributed by atoms with Gasteiger partial charge in [-0.25, -0.2) is 0 Å². The highest BCUT2D eigenvalue weighted by Gasteiger charge is 2.11. The third-order valence-corrected chi connectivity index (χ3v) is 4.20. The van der Waals surface area contributed by atoms with Crippen molar-refractivity contribution in [2.45, 2.75) is 0 Å². The van der Waals surface area contributed by atoms with Gasteiger partial charge in [0.25, 0.3) is 5.91 Å². The summed E-state index contributed by atoms with van der Waals surface area (Å²) in [6.45, 7) is 0. The van der Waals surface area contributed by atoms with Crippen molar-refractivity contribution in [3.8, 4) is 11.8 Å². The minimum absolute atomic E-state index is 0.192. The normalized spacial score (nSPS) is 9.74. The Bertz CT molecular complexity index is 661. The number of nitriles is 1. The molecule has 0 spiro atoms. The summed E-state index contributed by atoms with van der Waals surface area (Å²) in [6.07, 6.45) is 0. The number of carbonyl (C=O) groups excluding carboxylic acids is 1. The summed E-state index contributed by atoms with van der Waals surface area (Å²) in [7, 11) is 1.50. The van der Waals surface area contributed by atoms with Gasteiger partial charge >= 0.3 is 0 Å². The van der Waals surface area contributed by atoms with Gasteiger partial charge in [0.15, 0.2) is 0 Å². The number of methoxy groups -OCH3 is 1. The van der Waals surface area contributed by atoms with Gasteiger partial charge in [0.05, 0.1) is 32.9 Å². The molecule has 0 aliphatic rings. The average molecular weight is 384 g/mol. The van der Waals surface area contributed by atoms with E-state index in [2.05, 4.69) is 27.9 Å². The van der Waals surface area contributed by atoms with Gasteiger partial charge in [0.1, 0.15) is 5.75 Å². The molecule has 0 atom stereocenters. The van der Waals surface area contributed by atoms with Crippen molar-refractivity contribution in [3.63, 3.8) is 0 Å². The number of anilines is 1. The van der Waals surface area contributed by atoms with Crippen LogP contribution in [0, 0.1) is 14.2 Å². The van der Waals surface area contributed by atoms with Crippen molar-refractivity contribution in [3.05, 3.63) is 43.7 Å². The Morgan fingerprint density at radius 3 is 2.84 bits per heavy atom. The fourth-order valence-corrected chi connectivity index (χ4v) is 2.81. The standard InChI is InChI=1S/C13H9IN2O2S/c1-18-11-4-8(6-15)2-3-10(11)16-13(17)9-5-12(14)19-7-9/h2-5,7H,1H3,(H,16,17). The van der Waals surface area contributed by atoms with Gasteiger partial charge in [-0.3, -0.25) is 4.79 Å². The molecule has 0 saturated carbocycles. The number of thiophene rings is 1. The Kier molecular flexibility index (Phi) is 4.39. The van der Waals surface area contributed by atoms with Gasteiger partial charge in [0, 0.05) is 11.4 Å². The number of benzene rings is 1. The van der Waals surface area contributed by atoms with E-state index in [0.29, 0.717) is 22.6 Å². The van der Waals surface area contributed by atoms with E-state index < -0.39 is 0 Å². The van der Waals surface area contributed by atoms with Crippen LogP contribution in [-0.4, -0.2) is 13.0 Å². The summed E-state index contributed by atoms with van der Waals surface area (Å²) < 4.78 is 6.22. The van der Waals surface area contributed by atoms with Crippen LogP contribution in [0.25, 0.3) is 0 Å². The van der Waals surface area contributed by atoms with E-state index in [1.165, 1.54) is 18.4 Å². The van der Waals surface area contributed by atoms with E-state index in [0.717, 1.165) is 2.88 Å². The van der Waals surface area contributed by atoms with Gasteiger partial charge in [-0.15, -0.1) is 11.3 Å². The molecule has 1 N–H and O–H groups in total. The lowest BCUT2D eigenvalue weighted by Gasteiger charge is -2.09. The predicted molar refractivity (Wildman–Crippen MR) is 82.7 cm³/mol. The van der Waals surface area contributed by atoms with Crippen molar-refractivity contribution in [2.75, 3.05) is 12.4 Å². The Morgan fingerprint density at radius 1 is 1.47 bits per heavy atom. The van der Waals surface area contributed by atoms with Gasteiger partial charge < -0.3 is 10.1 Å². The minimum Gasteiger partial charge on any atom is -0.495 e. The molecule has 4 nitrogen and oxygen atoms in total. The molecule has 0 radical (unpaired) electrons. The largest absolute Gasteiger partial charge is 0.495 e. The van der Waals surface area contributed by atoms with E-state index in [-0.39, 0.29) is 5.91 Å².